The van der Waals surface area contributed by atoms with Gasteiger partial charge in [-0.1, -0.05) is 91.0 Å². The number of aryl methyl sites for hydroxylation is 3. The van der Waals surface area contributed by atoms with Crippen LogP contribution in [0, 0.1) is 13.8 Å². The zero-order valence-electron chi connectivity index (χ0n) is 42.8. The van der Waals surface area contributed by atoms with E-state index >= 15 is 8.63 Å². The Morgan fingerprint density at radius 1 is 0.653 bits per heavy atom. The van der Waals surface area contributed by atoms with Gasteiger partial charge in [-0.2, -0.15) is 0 Å². The molecule has 8 aromatic rings. The molecule has 0 fully saturated rings. The molecule has 0 saturated carbocycles. The Labute approximate surface area is 434 Å². The van der Waals surface area contributed by atoms with Gasteiger partial charge in [0, 0.05) is 40.8 Å². The molecule has 1 aromatic heterocycles. The SMILES string of the molecule is CCOC(=O)/C=C/C1=[N+]2C(=C(c3c(C)cc(-c4ccc(OC(=O)CCc5ccc6c7cccc8cccc(c9cccc5c96)c87)cc4)cc3C)c3c4c(c(/C=C/C(=O)OCC)n3[B-]2(F)F)CCCC4)C2=C1CCCC2. The van der Waals surface area contributed by atoms with E-state index in [4.69, 9.17) is 14.2 Å². The van der Waals surface area contributed by atoms with Crippen LogP contribution in [-0.4, -0.2) is 52.8 Å². The molecule has 0 bridgehead atoms. The monoisotopic (exact) mass is 998 g/mol. The number of nitrogens with zero attached hydrogens (tertiary/aromatic N) is 2. The third-order valence-corrected chi connectivity index (χ3v) is 16.0. The van der Waals surface area contributed by atoms with Gasteiger partial charge in [-0.25, -0.2) is 9.59 Å². The number of ether oxygens (including phenoxy) is 3. The molecule has 3 heterocycles. The average Bonchev–Trinajstić information content (AvgIpc) is 3.94. The summed E-state index contributed by atoms with van der Waals surface area (Å²) in [7, 11) is 0. The average molecular weight is 999 g/mol. The number of esters is 3. The Balaban J connectivity index is 0.886. The lowest BCUT2D eigenvalue weighted by Gasteiger charge is -2.35. The van der Waals surface area contributed by atoms with Crippen LogP contribution in [0.2, 0.25) is 0 Å². The standard InChI is InChI=1S/C64H57BF2N2O6/c1-5-73-56(70)34-31-54-46-16-7-9-18-52(46)63-62(64-53-19-10-8-17-47(53)55(32-35-57(71)74-6-2)69(64)65(66,67)68(54)63)59-38(3)36-43(37-39(59)4)40-24-28-44(29-25-40)75-58(72)33-27-41-26-30-51-49-22-12-15-42-14-11-21-48(60(42)49)50-23-13-20-45(41)61(50)51/h11-15,20-26,28-32,34-37H,5-10,16-19,27,33H2,1-4H3/b34-31+,35-32+. The predicted molar refractivity (Wildman–Crippen MR) is 296 cm³/mol. The van der Waals surface area contributed by atoms with Crippen molar-refractivity contribution in [2.45, 2.75) is 91.9 Å². The number of aromatic nitrogens is 1. The van der Waals surface area contributed by atoms with Crippen LogP contribution < -0.4 is 4.74 Å². The second-order valence-corrected chi connectivity index (χ2v) is 20.4. The lowest BCUT2D eigenvalue weighted by atomic mass is 9.78. The van der Waals surface area contributed by atoms with Crippen LogP contribution in [-0.2, 0) is 43.1 Å². The largest absolute Gasteiger partial charge is 0.737 e. The maximum atomic E-state index is 18.3. The first-order chi connectivity index (χ1) is 36.5. The minimum Gasteiger partial charge on any atom is -0.463 e. The third kappa shape index (κ3) is 8.01. The zero-order valence-corrected chi connectivity index (χ0v) is 42.8. The number of fused-ring (bicyclic) bond motifs is 7. The van der Waals surface area contributed by atoms with Crippen molar-refractivity contribution in [3.8, 4) is 16.9 Å². The smallest absolute Gasteiger partial charge is 0.463 e. The summed E-state index contributed by atoms with van der Waals surface area (Å²) in [5, 5.41) is 9.75. The number of halogens is 2. The molecule has 0 spiro atoms. The van der Waals surface area contributed by atoms with Crippen molar-refractivity contribution in [3.63, 3.8) is 0 Å². The normalized spacial score (nSPS) is 16.2. The fraction of sp³-hybridized carbons (Fsp3) is 0.250. The molecule has 11 heteroatoms. The summed E-state index contributed by atoms with van der Waals surface area (Å²) >= 11 is 0. The van der Waals surface area contributed by atoms with Crippen molar-refractivity contribution in [2.75, 3.05) is 13.2 Å². The highest BCUT2D eigenvalue weighted by atomic mass is 19.2. The molecule has 0 N–H and O–H groups in total. The Morgan fingerprint density at radius 2 is 1.24 bits per heavy atom. The minimum absolute atomic E-state index is 0.162. The van der Waals surface area contributed by atoms with Gasteiger partial charge in [-0.3, -0.25) is 4.79 Å². The highest BCUT2D eigenvalue weighted by Crippen LogP contribution is 2.52. The van der Waals surface area contributed by atoms with Gasteiger partial charge in [0.05, 0.1) is 25.2 Å². The molecule has 0 atom stereocenters. The zero-order chi connectivity index (χ0) is 51.7. The van der Waals surface area contributed by atoms with E-state index in [1.807, 2.05) is 38.1 Å². The first kappa shape index (κ1) is 48.1. The van der Waals surface area contributed by atoms with E-state index in [9.17, 15) is 14.4 Å². The highest BCUT2D eigenvalue weighted by Gasteiger charge is 2.58. The van der Waals surface area contributed by atoms with E-state index in [0.29, 0.717) is 60.7 Å². The van der Waals surface area contributed by atoms with Crippen LogP contribution >= 0.6 is 0 Å². The van der Waals surface area contributed by atoms with Crippen molar-refractivity contribution in [3.05, 3.63) is 183 Å². The van der Waals surface area contributed by atoms with Gasteiger partial charge in [-0.05, 0) is 191 Å². The Bertz CT molecular complexity index is 3820. The van der Waals surface area contributed by atoms with E-state index in [0.717, 1.165) is 92.3 Å². The molecule has 75 heavy (non-hydrogen) atoms. The maximum absolute atomic E-state index is 18.3. The van der Waals surface area contributed by atoms with Gasteiger partial charge in [0.15, 0.2) is 11.4 Å². The molecule has 0 amide bonds. The molecule has 7 aromatic carbocycles. The first-order valence-electron chi connectivity index (χ1n) is 26.6. The van der Waals surface area contributed by atoms with Crippen LogP contribution in [0.3, 0.4) is 0 Å². The number of rotatable bonds is 12. The van der Waals surface area contributed by atoms with Gasteiger partial charge in [0.25, 0.3) is 0 Å². The number of carbonyl (C=O) groups is 3. The van der Waals surface area contributed by atoms with Crippen LogP contribution in [0.15, 0.2) is 138 Å². The van der Waals surface area contributed by atoms with Crippen LogP contribution in [0.5, 0.6) is 5.75 Å². The first-order valence-corrected chi connectivity index (χ1v) is 26.6. The van der Waals surface area contributed by atoms with Gasteiger partial charge >= 0.3 is 24.9 Å². The van der Waals surface area contributed by atoms with Crippen LogP contribution in [0.25, 0.3) is 65.9 Å². The molecule has 376 valence electrons. The molecule has 12 rings (SSSR count). The molecular weight excluding hydrogens is 942 g/mol. The van der Waals surface area contributed by atoms with Gasteiger partial charge in [0.1, 0.15) is 5.75 Å². The maximum Gasteiger partial charge on any atom is 0.737 e. The second kappa shape index (κ2) is 19.1. The Morgan fingerprint density at radius 3 is 1.92 bits per heavy atom. The number of benzene rings is 7. The summed E-state index contributed by atoms with van der Waals surface area (Å²) in [6.45, 7) is 3.27. The quantitative estimate of drug-likeness (QED) is 0.0303. The number of hydrogen-bond donors (Lipinski definition) is 0. The van der Waals surface area contributed by atoms with Crippen LogP contribution in [0.4, 0.5) is 8.63 Å². The van der Waals surface area contributed by atoms with E-state index in [1.165, 1.54) is 71.0 Å². The van der Waals surface area contributed by atoms with E-state index in [2.05, 4.69) is 78.9 Å². The second-order valence-electron chi connectivity index (χ2n) is 20.4. The highest BCUT2D eigenvalue weighted by molar-refractivity contribution is 6.59. The Kier molecular flexibility index (Phi) is 12.2. The summed E-state index contributed by atoms with van der Waals surface area (Å²) in [5.41, 5.74) is 11.4. The Hall–Kier alpha value is -7.92. The van der Waals surface area contributed by atoms with Gasteiger partial charge in [0.2, 0.25) is 0 Å². The molecule has 0 saturated heterocycles. The summed E-state index contributed by atoms with van der Waals surface area (Å²) in [6.07, 6.45) is 12.1. The third-order valence-electron chi connectivity index (χ3n) is 16.0. The number of allylic oxidation sites excluding steroid dienone is 3. The van der Waals surface area contributed by atoms with Crippen molar-refractivity contribution >= 4 is 85.3 Å². The molecule has 8 nitrogen and oxygen atoms in total. The summed E-state index contributed by atoms with van der Waals surface area (Å²) in [5.74, 6) is -1.05. The van der Waals surface area contributed by atoms with E-state index < -0.39 is 18.9 Å². The predicted octanol–water partition coefficient (Wildman–Crippen LogP) is 14.3. The van der Waals surface area contributed by atoms with Crippen molar-refractivity contribution in [1.29, 1.82) is 0 Å². The summed E-state index contributed by atoms with van der Waals surface area (Å²) in [4.78, 5) is 39.1. The molecule has 0 unspecified atom stereocenters. The lowest BCUT2D eigenvalue weighted by Crippen LogP contribution is -2.52. The molecule has 2 aliphatic heterocycles. The van der Waals surface area contributed by atoms with E-state index in [-0.39, 0.29) is 25.6 Å². The minimum atomic E-state index is -4.56. The van der Waals surface area contributed by atoms with Gasteiger partial charge < -0.3 is 31.8 Å². The molecule has 0 radical (unpaired) electrons. The molecular formula is C64H57BF2N2O6. The molecule has 2 aliphatic carbocycles. The summed E-state index contributed by atoms with van der Waals surface area (Å²) in [6, 6.07) is 35.5. The van der Waals surface area contributed by atoms with Crippen molar-refractivity contribution in [1.82, 2.24) is 4.48 Å². The fourth-order valence-electron chi connectivity index (χ4n) is 13.0. The molecule has 4 aliphatic rings. The number of hydrogen-bond acceptors (Lipinski definition) is 6. The number of carbonyl (C=O) groups excluding carboxylic acids is 3. The van der Waals surface area contributed by atoms with E-state index in [1.54, 1.807) is 13.8 Å². The fourth-order valence-corrected chi connectivity index (χ4v) is 13.0. The van der Waals surface area contributed by atoms with Gasteiger partial charge in [-0.15, -0.1) is 0 Å². The lowest BCUT2D eigenvalue weighted by molar-refractivity contribution is -0.362. The van der Waals surface area contributed by atoms with Crippen molar-refractivity contribution in [2.24, 2.45) is 0 Å². The van der Waals surface area contributed by atoms with Crippen molar-refractivity contribution < 1.29 is 41.7 Å². The topological polar surface area (TPSA) is 86.8 Å². The van der Waals surface area contributed by atoms with Crippen LogP contribution in [0.1, 0.15) is 104 Å². The summed E-state index contributed by atoms with van der Waals surface area (Å²) < 4.78 is 55.3.